The zero-order valence-corrected chi connectivity index (χ0v) is 11.3. The van der Waals surface area contributed by atoms with Crippen LogP contribution in [-0.4, -0.2) is 31.7 Å². The van der Waals surface area contributed by atoms with Crippen LogP contribution in [0.4, 0.5) is 0 Å². The van der Waals surface area contributed by atoms with E-state index in [2.05, 4.69) is 5.32 Å². The molecule has 0 fully saturated rings. The molecule has 0 radical (unpaired) electrons. The third-order valence-corrected chi connectivity index (χ3v) is 2.58. The Balaban J connectivity index is 2.75. The van der Waals surface area contributed by atoms with E-state index in [1.54, 1.807) is 13.2 Å². The van der Waals surface area contributed by atoms with Gasteiger partial charge in [-0.1, -0.05) is 12.1 Å². The third kappa shape index (κ3) is 4.47. The Morgan fingerprint density at radius 3 is 2.78 bits per heavy atom. The quantitative estimate of drug-likeness (QED) is 0.801. The van der Waals surface area contributed by atoms with E-state index in [1.807, 2.05) is 32.0 Å². The number of ether oxygens (including phenoxy) is 1. The smallest absolute Gasteiger partial charge is 0.251 e. The number of benzene rings is 1. The van der Waals surface area contributed by atoms with Crippen molar-refractivity contribution in [2.75, 3.05) is 20.3 Å². The van der Waals surface area contributed by atoms with Gasteiger partial charge in [0.25, 0.3) is 5.91 Å². The molecule has 1 rings (SSSR count). The lowest BCUT2D eigenvalue weighted by Gasteiger charge is -2.25. The fraction of sp³-hybridized carbons (Fsp3) is 0.500. The highest BCUT2D eigenvalue weighted by atomic mass is 16.5. The number of nitrogens with two attached hydrogens (primary N) is 1. The molecule has 0 heterocycles. The molecule has 0 aliphatic carbocycles. The first-order chi connectivity index (χ1) is 8.48. The van der Waals surface area contributed by atoms with Crippen LogP contribution >= 0.6 is 0 Å². The van der Waals surface area contributed by atoms with Gasteiger partial charge in [-0.25, -0.2) is 0 Å². The molecule has 0 spiro atoms. The summed E-state index contributed by atoms with van der Waals surface area (Å²) in [5.41, 5.74) is 6.87. The zero-order chi connectivity index (χ0) is 13.6. The number of carbonyl (C=O) groups excluding carboxylic acids is 1. The van der Waals surface area contributed by atoms with Gasteiger partial charge in [0.15, 0.2) is 0 Å². The number of hydrogen-bond donors (Lipinski definition) is 2. The Hall–Kier alpha value is -1.39. The van der Waals surface area contributed by atoms with Crippen molar-refractivity contribution in [3.63, 3.8) is 0 Å². The highest BCUT2D eigenvalue weighted by Gasteiger charge is 2.20. The number of nitrogens with one attached hydrogen (secondary N) is 1. The SMILES string of the molecule is COCC(C)(C)NC(=O)c1cccc(CCN)c1. The molecule has 0 aromatic heterocycles. The van der Waals surface area contributed by atoms with Crippen molar-refractivity contribution in [1.29, 1.82) is 0 Å². The van der Waals surface area contributed by atoms with Crippen molar-refractivity contribution in [3.8, 4) is 0 Å². The minimum Gasteiger partial charge on any atom is -0.382 e. The standard InChI is InChI=1S/C14H22N2O2/c1-14(2,10-18-3)16-13(17)12-6-4-5-11(9-12)7-8-15/h4-6,9H,7-8,10,15H2,1-3H3,(H,16,17). The summed E-state index contributed by atoms with van der Waals surface area (Å²) in [5.74, 6) is -0.0871. The molecule has 0 aliphatic heterocycles. The fourth-order valence-electron chi connectivity index (χ4n) is 1.81. The van der Waals surface area contributed by atoms with Gasteiger partial charge in [-0.15, -0.1) is 0 Å². The number of hydrogen-bond acceptors (Lipinski definition) is 3. The fourth-order valence-corrected chi connectivity index (χ4v) is 1.81. The van der Waals surface area contributed by atoms with Crippen LogP contribution in [0, 0.1) is 0 Å². The van der Waals surface area contributed by atoms with Gasteiger partial charge < -0.3 is 15.8 Å². The second-order valence-corrected chi connectivity index (χ2v) is 5.01. The highest BCUT2D eigenvalue weighted by molar-refractivity contribution is 5.94. The van der Waals surface area contributed by atoms with E-state index in [1.165, 1.54) is 0 Å². The highest BCUT2D eigenvalue weighted by Crippen LogP contribution is 2.09. The molecule has 1 aromatic rings. The second-order valence-electron chi connectivity index (χ2n) is 5.01. The van der Waals surface area contributed by atoms with Gasteiger partial charge in [0.1, 0.15) is 0 Å². The topological polar surface area (TPSA) is 64.3 Å². The zero-order valence-electron chi connectivity index (χ0n) is 11.3. The lowest BCUT2D eigenvalue weighted by atomic mass is 10.0. The predicted molar refractivity (Wildman–Crippen MR) is 72.6 cm³/mol. The van der Waals surface area contributed by atoms with Crippen LogP contribution in [0.2, 0.25) is 0 Å². The molecule has 4 nitrogen and oxygen atoms in total. The predicted octanol–water partition coefficient (Wildman–Crippen LogP) is 1.34. The number of carbonyl (C=O) groups is 1. The first-order valence-corrected chi connectivity index (χ1v) is 6.09. The Bertz CT molecular complexity index is 403. The van der Waals surface area contributed by atoms with Crippen LogP contribution in [0.3, 0.4) is 0 Å². The van der Waals surface area contributed by atoms with Crippen molar-refractivity contribution in [2.24, 2.45) is 5.73 Å². The monoisotopic (exact) mass is 250 g/mol. The number of amides is 1. The molecule has 0 aliphatic rings. The minimum atomic E-state index is -0.379. The van der Waals surface area contributed by atoms with E-state index < -0.39 is 0 Å². The molecule has 18 heavy (non-hydrogen) atoms. The van der Waals surface area contributed by atoms with Crippen LogP contribution in [0.1, 0.15) is 29.8 Å². The maximum atomic E-state index is 12.1. The molecule has 0 saturated carbocycles. The minimum absolute atomic E-state index is 0.0871. The molecule has 0 bridgehead atoms. The maximum absolute atomic E-state index is 12.1. The lowest BCUT2D eigenvalue weighted by Crippen LogP contribution is -2.46. The van der Waals surface area contributed by atoms with Crippen LogP contribution < -0.4 is 11.1 Å². The summed E-state index contributed by atoms with van der Waals surface area (Å²) in [6.07, 6.45) is 0.780. The summed E-state index contributed by atoms with van der Waals surface area (Å²) < 4.78 is 5.07. The van der Waals surface area contributed by atoms with Gasteiger partial charge in [0, 0.05) is 12.7 Å². The molecule has 3 N–H and O–H groups in total. The summed E-state index contributed by atoms with van der Waals surface area (Å²) >= 11 is 0. The van der Waals surface area contributed by atoms with E-state index in [0.717, 1.165) is 12.0 Å². The Labute approximate surface area is 109 Å². The van der Waals surface area contributed by atoms with Crippen molar-refractivity contribution >= 4 is 5.91 Å². The first-order valence-electron chi connectivity index (χ1n) is 6.09. The molecule has 0 saturated heterocycles. The molecule has 0 unspecified atom stereocenters. The molecule has 100 valence electrons. The van der Waals surface area contributed by atoms with Gasteiger partial charge in [0.2, 0.25) is 0 Å². The summed E-state index contributed by atoms with van der Waals surface area (Å²) in [6.45, 7) is 4.91. The number of rotatable bonds is 6. The van der Waals surface area contributed by atoms with E-state index in [0.29, 0.717) is 18.7 Å². The van der Waals surface area contributed by atoms with E-state index in [-0.39, 0.29) is 11.4 Å². The first kappa shape index (κ1) is 14.7. The van der Waals surface area contributed by atoms with Crippen molar-refractivity contribution in [3.05, 3.63) is 35.4 Å². The number of methoxy groups -OCH3 is 1. The van der Waals surface area contributed by atoms with Crippen LogP contribution in [0.25, 0.3) is 0 Å². The van der Waals surface area contributed by atoms with Crippen molar-refractivity contribution in [1.82, 2.24) is 5.32 Å². The molecule has 1 amide bonds. The van der Waals surface area contributed by atoms with Gasteiger partial charge in [-0.3, -0.25) is 4.79 Å². The van der Waals surface area contributed by atoms with Crippen LogP contribution in [0.15, 0.2) is 24.3 Å². The molecule has 4 heteroatoms. The Kier molecular flexibility index (Phi) is 5.31. The Morgan fingerprint density at radius 1 is 1.44 bits per heavy atom. The molecule has 0 atom stereocenters. The van der Waals surface area contributed by atoms with Gasteiger partial charge >= 0.3 is 0 Å². The average molecular weight is 250 g/mol. The van der Waals surface area contributed by atoms with Crippen molar-refractivity contribution < 1.29 is 9.53 Å². The second kappa shape index (κ2) is 6.52. The van der Waals surface area contributed by atoms with E-state index in [9.17, 15) is 4.79 Å². The average Bonchev–Trinajstić information content (AvgIpc) is 2.29. The van der Waals surface area contributed by atoms with Crippen LogP contribution in [-0.2, 0) is 11.2 Å². The third-order valence-electron chi connectivity index (χ3n) is 2.58. The summed E-state index contributed by atoms with van der Waals surface area (Å²) in [5, 5.41) is 2.95. The normalized spacial score (nSPS) is 11.3. The lowest BCUT2D eigenvalue weighted by molar-refractivity contribution is 0.0820. The van der Waals surface area contributed by atoms with E-state index in [4.69, 9.17) is 10.5 Å². The summed E-state index contributed by atoms with van der Waals surface area (Å²) in [6, 6.07) is 7.54. The summed E-state index contributed by atoms with van der Waals surface area (Å²) in [4.78, 5) is 12.1. The summed E-state index contributed by atoms with van der Waals surface area (Å²) in [7, 11) is 1.62. The largest absolute Gasteiger partial charge is 0.382 e. The van der Waals surface area contributed by atoms with Gasteiger partial charge in [-0.2, -0.15) is 0 Å². The van der Waals surface area contributed by atoms with Gasteiger partial charge in [-0.05, 0) is 44.5 Å². The van der Waals surface area contributed by atoms with Crippen molar-refractivity contribution in [2.45, 2.75) is 25.8 Å². The van der Waals surface area contributed by atoms with Crippen LogP contribution in [0.5, 0.6) is 0 Å². The molecular weight excluding hydrogens is 228 g/mol. The molecule has 1 aromatic carbocycles. The Morgan fingerprint density at radius 2 is 2.17 bits per heavy atom. The molecular formula is C14H22N2O2. The van der Waals surface area contributed by atoms with E-state index >= 15 is 0 Å². The van der Waals surface area contributed by atoms with Gasteiger partial charge in [0.05, 0.1) is 12.1 Å². The maximum Gasteiger partial charge on any atom is 0.251 e.